The third-order valence-corrected chi connectivity index (χ3v) is 19.3. The van der Waals surface area contributed by atoms with Gasteiger partial charge in [-0.3, -0.25) is 9.59 Å². The molecular formula is C81H159NO5. The summed E-state index contributed by atoms with van der Waals surface area (Å²) in [7, 11) is 0. The minimum Gasteiger partial charge on any atom is -0.466 e. The van der Waals surface area contributed by atoms with Crippen LogP contribution >= 0.6 is 0 Å². The van der Waals surface area contributed by atoms with Crippen LogP contribution < -0.4 is 5.32 Å². The van der Waals surface area contributed by atoms with E-state index in [9.17, 15) is 19.8 Å². The summed E-state index contributed by atoms with van der Waals surface area (Å²) in [6.45, 7) is 4.97. The number of rotatable bonds is 77. The molecule has 0 radical (unpaired) electrons. The molecule has 87 heavy (non-hydrogen) atoms. The lowest BCUT2D eigenvalue weighted by atomic mass is 10.0. The first-order valence-corrected chi connectivity index (χ1v) is 40.5. The molecule has 0 bridgehead atoms. The van der Waals surface area contributed by atoms with E-state index in [1.54, 1.807) is 6.08 Å². The topological polar surface area (TPSA) is 95.9 Å². The van der Waals surface area contributed by atoms with Crippen molar-refractivity contribution in [3.05, 3.63) is 12.2 Å². The minimum absolute atomic E-state index is 0.0254. The van der Waals surface area contributed by atoms with E-state index in [1.165, 1.54) is 405 Å². The maximum Gasteiger partial charge on any atom is 0.305 e. The molecular weight excluding hydrogens is 1070 g/mol. The number of hydrogen-bond acceptors (Lipinski definition) is 5. The van der Waals surface area contributed by atoms with Gasteiger partial charge < -0.3 is 20.3 Å². The van der Waals surface area contributed by atoms with Crippen molar-refractivity contribution in [2.45, 2.75) is 482 Å². The molecule has 0 aromatic heterocycles. The Bertz CT molecular complexity index is 1320. The standard InChI is InChI=1S/C81H159NO5/c1-3-5-7-9-11-13-15-17-19-21-23-24-34-38-41-45-49-53-57-61-65-69-73-79(84)78(77-83)82-80(85)74-70-66-62-58-54-50-46-42-39-35-32-30-28-26-25-27-29-31-33-36-40-44-48-52-56-60-64-68-72-76-87-81(86)75-71-67-63-59-55-51-47-43-37-22-20-18-16-14-12-10-8-6-4-2/h69,73,78-79,83-84H,3-68,70-72,74-77H2,1-2H3,(H,82,85)/b73-69+. The molecule has 0 aromatic carbocycles. The van der Waals surface area contributed by atoms with Crippen LogP contribution in [0.15, 0.2) is 12.2 Å². The zero-order valence-electron chi connectivity index (χ0n) is 59.5. The number of aliphatic hydroxyl groups excluding tert-OH is 2. The Morgan fingerprint density at radius 3 is 0.782 bits per heavy atom. The van der Waals surface area contributed by atoms with Crippen LogP contribution in [-0.2, 0) is 14.3 Å². The number of allylic oxidation sites excluding steroid dienone is 1. The van der Waals surface area contributed by atoms with Crippen molar-refractivity contribution < 1.29 is 24.5 Å². The fourth-order valence-electron chi connectivity index (χ4n) is 13.2. The van der Waals surface area contributed by atoms with Gasteiger partial charge in [0.15, 0.2) is 0 Å². The molecule has 2 unspecified atom stereocenters. The van der Waals surface area contributed by atoms with Gasteiger partial charge in [-0.1, -0.05) is 437 Å². The molecule has 6 heteroatoms. The van der Waals surface area contributed by atoms with Gasteiger partial charge in [0.05, 0.1) is 25.4 Å². The Morgan fingerprint density at radius 1 is 0.310 bits per heavy atom. The fraction of sp³-hybridized carbons (Fsp3) is 0.951. The third-order valence-electron chi connectivity index (χ3n) is 19.3. The predicted octanol–water partition coefficient (Wildman–Crippen LogP) is 26.7. The summed E-state index contributed by atoms with van der Waals surface area (Å²) in [5.74, 6) is -0.0335. The van der Waals surface area contributed by atoms with Crippen LogP contribution in [0, 0.1) is 0 Å². The molecule has 0 saturated carbocycles. The van der Waals surface area contributed by atoms with Gasteiger partial charge >= 0.3 is 5.97 Å². The molecule has 1 amide bonds. The van der Waals surface area contributed by atoms with E-state index < -0.39 is 12.1 Å². The third kappa shape index (κ3) is 73.5. The predicted molar refractivity (Wildman–Crippen MR) is 384 cm³/mol. The Morgan fingerprint density at radius 2 is 0.529 bits per heavy atom. The van der Waals surface area contributed by atoms with Crippen LogP contribution in [0.4, 0.5) is 0 Å². The van der Waals surface area contributed by atoms with Gasteiger partial charge in [-0.2, -0.15) is 0 Å². The number of amides is 1. The Kier molecular flexibility index (Phi) is 75.8. The van der Waals surface area contributed by atoms with Crippen LogP contribution in [0.3, 0.4) is 0 Å². The maximum atomic E-state index is 12.5. The van der Waals surface area contributed by atoms with E-state index in [0.717, 1.165) is 38.5 Å². The van der Waals surface area contributed by atoms with Crippen molar-refractivity contribution in [3.63, 3.8) is 0 Å². The highest BCUT2D eigenvalue weighted by atomic mass is 16.5. The smallest absolute Gasteiger partial charge is 0.305 e. The lowest BCUT2D eigenvalue weighted by molar-refractivity contribution is -0.143. The Labute approximate surface area is 546 Å². The molecule has 2 atom stereocenters. The van der Waals surface area contributed by atoms with E-state index in [1.807, 2.05) is 6.08 Å². The molecule has 0 spiro atoms. The van der Waals surface area contributed by atoms with E-state index in [-0.39, 0.29) is 18.5 Å². The summed E-state index contributed by atoms with van der Waals surface area (Å²) < 4.78 is 5.52. The number of hydrogen-bond donors (Lipinski definition) is 3. The minimum atomic E-state index is -0.843. The molecule has 0 rings (SSSR count). The average Bonchev–Trinajstić information content (AvgIpc) is 3.52. The SMILES string of the molecule is CCCCCCCCCCCCCCCCCCCCCC/C=C/C(O)C(CO)NC(=O)CCCCCCCCCCCCCCCCCCCCCCCCCCCCCCCOC(=O)CCCCCCCCCCCCCCCCCCCCC. The van der Waals surface area contributed by atoms with Crippen molar-refractivity contribution in [2.75, 3.05) is 13.2 Å². The van der Waals surface area contributed by atoms with Gasteiger partial charge in [0.1, 0.15) is 0 Å². The number of esters is 1. The van der Waals surface area contributed by atoms with Crippen LogP contribution in [-0.4, -0.2) is 47.4 Å². The Hall–Kier alpha value is -1.40. The van der Waals surface area contributed by atoms with E-state index in [2.05, 4.69) is 19.2 Å². The summed E-state index contributed by atoms with van der Waals surface area (Å²) in [5, 5.41) is 23.3. The zero-order chi connectivity index (χ0) is 62.8. The molecule has 3 N–H and O–H groups in total. The molecule has 0 aliphatic heterocycles. The summed E-state index contributed by atoms with van der Waals surface area (Å²) in [6.07, 6.45) is 97.7. The van der Waals surface area contributed by atoms with Crippen molar-refractivity contribution in [1.29, 1.82) is 0 Å². The molecule has 6 nitrogen and oxygen atoms in total. The van der Waals surface area contributed by atoms with E-state index in [4.69, 9.17) is 4.74 Å². The van der Waals surface area contributed by atoms with Crippen molar-refractivity contribution in [1.82, 2.24) is 5.32 Å². The lowest BCUT2D eigenvalue weighted by Crippen LogP contribution is -2.45. The fourth-order valence-corrected chi connectivity index (χ4v) is 13.2. The first kappa shape index (κ1) is 85.6. The van der Waals surface area contributed by atoms with Crippen LogP contribution in [0.25, 0.3) is 0 Å². The monoisotopic (exact) mass is 1230 g/mol. The number of aliphatic hydroxyl groups is 2. The maximum absolute atomic E-state index is 12.5. The van der Waals surface area contributed by atoms with Gasteiger partial charge in [-0.25, -0.2) is 0 Å². The van der Waals surface area contributed by atoms with Crippen LogP contribution in [0.2, 0.25) is 0 Å². The summed E-state index contributed by atoms with van der Waals surface area (Å²) in [5.41, 5.74) is 0. The van der Waals surface area contributed by atoms with Gasteiger partial charge in [0.2, 0.25) is 5.91 Å². The first-order chi connectivity index (χ1) is 43.0. The average molecular weight is 1230 g/mol. The van der Waals surface area contributed by atoms with E-state index >= 15 is 0 Å². The highest BCUT2D eigenvalue weighted by Crippen LogP contribution is 2.20. The second-order valence-electron chi connectivity index (χ2n) is 28.1. The van der Waals surface area contributed by atoms with Gasteiger partial charge in [-0.05, 0) is 32.1 Å². The second-order valence-corrected chi connectivity index (χ2v) is 28.1. The van der Waals surface area contributed by atoms with E-state index in [0.29, 0.717) is 19.4 Å². The van der Waals surface area contributed by atoms with Crippen molar-refractivity contribution in [3.8, 4) is 0 Å². The normalized spacial score (nSPS) is 12.5. The van der Waals surface area contributed by atoms with Crippen molar-refractivity contribution in [2.24, 2.45) is 0 Å². The van der Waals surface area contributed by atoms with Crippen LogP contribution in [0.1, 0.15) is 470 Å². The highest BCUT2D eigenvalue weighted by Gasteiger charge is 2.18. The summed E-state index contributed by atoms with van der Waals surface area (Å²) in [4.78, 5) is 24.7. The summed E-state index contributed by atoms with van der Waals surface area (Å²) >= 11 is 0. The van der Waals surface area contributed by atoms with Gasteiger partial charge in [-0.15, -0.1) is 0 Å². The summed E-state index contributed by atoms with van der Waals surface area (Å²) in [6, 6.07) is -0.626. The molecule has 0 fully saturated rings. The lowest BCUT2D eigenvalue weighted by Gasteiger charge is -2.20. The highest BCUT2D eigenvalue weighted by molar-refractivity contribution is 5.76. The number of ether oxygens (including phenoxy) is 1. The number of unbranched alkanes of at least 4 members (excludes halogenated alkanes) is 66. The van der Waals surface area contributed by atoms with Crippen molar-refractivity contribution >= 4 is 11.9 Å². The molecule has 0 aromatic rings. The first-order valence-electron chi connectivity index (χ1n) is 40.5. The number of carbonyl (C=O) groups excluding carboxylic acids is 2. The Balaban J connectivity index is 3.34. The number of carbonyl (C=O) groups is 2. The zero-order valence-corrected chi connectivity index (χ0v) is 59.5. The van der Waals surface area contributed by atoms with Gasteiger partial charge in [0.25, 0.3) is 0 Å². The largest absolute Gasteiger partial charge is 0.466 e. The van der Waals surface area contributed by atoms with Crippen LogP contribution in [0.5, 0.6) is 0 Å². The second kappa shape index (κ2) is 77.1. The molecule has 0 aliphatic rings. The molecule has 0 heterocycles. The van der Waals surface area contributed by atoms with Gasteiger partial charge in [0, 0.05) is 12.8 Å². The molecule has 0 saturated heterocycles. The number of nitrogens with one attached hydrogen (secondary N) is 1. The molecule has 518 valence electrons. The molecule has 0 aliphatic carbocycles. The quantitative estimate of drug-likeness (QED) is 0.0320.